The zero-order chi connectivity index (χ0) is 24.8. The van der Waals surface area contributed by atoms with Crippen LogP contribution in [0.25, 0.3) is 0 Å². The first-order chi connectivity index (χ1) is 15.8. The number of halogens is 1. The number of anilines is 1. The molecule has 1 aliphatic heterocycles. The van der Waals surface area contributed by atoms with E-state index in [0.717, 1.165) is 5.69 Å². The summed E-state index contributed by atoms with van der Waals surface area (Å²) >= 11 is 3.53. The number of amides is 2. The molecule has 1 aromatic carbocycles. The summed E-state index contributed by atoms with van der Waals surface area (Å²) in [6, 6.07) is 3.51. The Morgan fingerprint density at radius 1 is 1.15 bits per heavy atom. The molecule has 2 aromatic rings. The standard InChI is InChI=1S/C24H26BrN3O6/c1-11-6-12(2)26-19(29)16(11)28(5)20(30)14-7-15(25)18-17(13(14)3)33-22(4,34-18)23-8-24(9-23,10-23)27-21(31)32/h6-7,27H,8-10H2,1-5H3,(H,26,29)(H,31,32). The Morgan fingerprint density at radius 2 is 1.76 bits per heavy atom. The van der Waals surface area contributed by atoms with Gasteiger partial charge in [-0.15, -0.1) is 0 Å². The van der Waals surface area contributed by atoms with Crippen LogP contribution in [0.3, 0.4) is 0 Å². The van der Waals surface area contributed by atoms with Gasteiger partial charge < -0.3 is 29.8 Å². The number of carbonyl (C=O) groups excluding carboxylic acids is 1. The van der Waals surface area contributed by atoms with Gasteiger partial charge in [-0.1, -0.05) is 0 Å². The number of nitrogens with one attached hydrogen (secondary N) is 2. The number of ether oxygens (including phenoxy) is 2. The van der Waals surface area contributed by atoms with Crippen molar-refractivity contribution in [2.24, 2.45) is 5.41 Å². The molecule has 1 unspecified atom stereocenters. The minimum Gasteiger partial charge on any atom is -0.465 e. The van der Waals surface area contributed by atoms with Gasteiger partial charge in [0.2, 0.25) is 0 Å². The molecule has 9 nitrogen and oxygen atoms in total. The highest BCUT2D eigenvalue weighted by Crippen LogP contribution is 2.74. The van der Waals surface area contributed by atoms with Gasteiger partial charge >= 0.3 is 6.09 Å². The third kappa shape index (κ3) is 3.00. The smallest absolute Gasteiger partial charge is 0.405 e. The molecule has 0 saturated heterocycles. The first-order valence-corrected chi connectivity index (χ1v) is 11.8. The number of hydrogen-bond acceptors (Lipinski definition) is 5. The number of hydrogen-bond donors (Lipinski definition) is 3. The normalized spacial score (nSPS) is 28.1. The SMILES string of the molecule is Cc1cc(C)c(N(C)C(=O)c2cc(Br)c3c(c2C)OC(C)(C24CC(NC(=O)O)(C2)C4)O3)c(=O)[nH]1. The first-order valence-electron chi connectivity index (χ1n) is 11.0. The van der Waals surface area contributed by atoms with Crippen LogP contribution in [0.15, 0.2) is 21.4 Å². The molecule has 34 heavy (non-hydrogen) atoms. The largest absolute Gasteiger partial charge is 0.465 e. The summed E-state index contributed by atoms with van der Waals surface area (Å²) in [6.45, 7) is 7.25. The Bertz CT molecular complexity index is 1320. The van der Waals surface area contributed by atoms with E-state index in [-0.39, 0.29) is 16.9 Å². The maximum absolute atomic E-state index is 13.5. The molecule has 4 aliphatic rings. The van der Waals surface area contributed by atoms with Gasteiger partial charge in [0.05, 0.1) is 9.89 Å². The molecule has 1 aromatic heterocycles. The molecule has 180 valence electrons. The van der Waals surface area contributed by atoms with Crippen LogP contribution in [0.1, 0.15) is 53.4 Å². The molecule has 3 fully saturated rings. The molecule has 10 heteroatoms. The van der Waals surface area contributed by atoms with E-state index in [2.05, 4.69) is 26.2 Å². The summed E-state index contributed by atoms with van der Waals surface area (Å²) in [5.41, 5.74) is 1.70. The van der Waals surface area contributed by atoms with Crippen LogP contribution >= 0.6 is 15.9 Å². The molecule has 0 radical (unpaired) electrons. The Morgan fingerprint density at radius 3 is 2.35 bits per heavy atom. The molecule has 2 bridgehead atoms. The molecule has 3 N–H and O–H groups in total. The highest BCUT2D eigenvalue weighted by molar-refractivity contribution is 9.10. The van der Waals surface area contributed by atoms with Crippen molar-refractivity contribution in [3.8, 4) is 11.5 Å². The molecule has 3 aliphatic carbocycles. The number of nitrogens with zero attached hydrogens (tertiary/aromatic N) is 1. The topological polar surface area (TPSA) is 121 Å². The van der Waals surface area contributed by atoms with Crippen LogP contribution in [-0.4, -0.2) is 40.5 Å². The van der Waals surface area contributed by atoms with Gasteiger partial charge in [-0.25, -0.2) is 4.79 Å². The minimum atomic E-state index is -1.02. The summed E-state index contributed by atoms with van der Waals surface area (Å²) in [6.07, 6.45) is 0.885. The molecule has 2 amide bonds. The third-order valence-electron chi connectivity index (χ3n) is 7.60. The number of H-pyrrole nitrogens is 1. The number of rotatable bonds is 4. The van der Waals surface area contributed by atoms with Crippen LogP contribution in [0.4, 0.5) is 10.5 Å². The van der Waals surface area contributed by atoms with Crippen LogP contribution in [-0.2, 0) is 0 Å². The number of carbonyl (C=O) groups is 2. The van der Waals surface area contributed by atoms with Gasteiger partial charge in [0.15, 0.2) is 11.5 Å². The van der Waals surface area contributed by atoms with E-state index in [1.54, 1.807) is 33.9 Å². The third-order valence-corrected chi connectivity index (χ3v) is 8.19. The number of benzene rings is 1. The van der Waals surface area contributed by atoms with E-state index < -0.39 is 17.4 Å². The molecule has 1 atom stereocenters. The van der Waals surface area contributed by atoms with Crippen LogP contribution < -0.4 is 25.2 Å². The fourth-order valence-corrected chi connectivity index (χ4v) is 6.43. The Hall–Kier alpha value is -3.01. The molecular weight excluding hydrogens is 506 g/mol. The summed E-state index contributed by atoms with van der Waals surface area (Å²) in [5.74, 6) is -0.310. The second kappa shape index (κ2) is 7.00. The highest BCUT2D eigenvalue weighted by Gasteiger charge is 2.78. The average Bonchev–Trinajstić information content (AvgIpc) is 3.04. The van der Waals surface area contributed by atoms with Crippen molar-refractivity contribution in [2.75, 3.05) is 11.9 Å². The van der Waals surface area contributed by atoms with Crippen molar-refractivity contribution in [1.29, 1.82) is 0 Å². The lowest BCUT2D eigenvalue weighted by Crippen LogP contribution is -2.81. The van der Waals surface area contributed by atoms with Crippen molar-refractivity contribution < 1.29 is 24.2 Å². The first kappa shape index (κ1) is 22.8. The minimum absolute atomic E-state index is 0.290. The van der Waals surface area contributed by atoms with E-state index in [4.69, 9.17) is 14.6 Å². The number of aromatic nitrogens is 1. The van der Waals surface area contributed by atoms with E-state index >= 15 is 0 Å². The second-order valence-corrected chi connectivity index (χ2v) is 10.9. The van der Waals surface area contributed by atoms with Crippen LogP contribution in [0.5, 0.6) is 11.5 Å². The summed E-state index contributed by atoms with van der Waals surface area (Å²) in [7, 11) is 1.58. The molecule has 2 heterocycles. The number of aryl methyl sites for hydroxylation is 2. The monoisotopic (exact) mass is 531 g/mol. The van der Waals surface area contributed by atoms with Crippen LogP contribution in [0.2, 0.25) is 0 Å². The summed E-state index contributed by atoms with van der Waals surface area (Å²) in [5, 5.41) is 11.7. The molecule has 3 saturated carbocycles. The second-order valence-electron chi connectivity index (χ2n) is 10.0. The lowest BCUT2D eigenvalue weighted by Gasteiger charge is -2.72. The van der Waals surface area contributed by atoms with Gasteiger partial charge in [-0.3, -0.25) is 9.59 Å². The van der Waals surface area contributed by atoms with Crippen molar-refractivity contribution >= 4 is 33.6 Å². The predicted molar refractivity (Wildman–Crippen MR) is 128 cm³/mol. The zero-order valence-electron chi connectivity index (χ0n) is 19.6. The fraction of sp³-hybridized carbons (Fsp3) is 0.458. The average molecular weight is 532 g/mol. The summed E-state index contributed by atoms with van der Waals surface area (Å²) < 4.78 is 13.3. The number of fused-ring (bicyclic) bond motifs is 1. The fourth-order valence-electron chi connectivity index (χ4n) is 5.94. The molecular formula is C24H26BrN3O6. The molecule has 6 rings (SSSR count). The van der Waals surface area contributed by atoms with Gasteiger partial charge in [-0.05, 0) is 73.7 Å². The molecule has 0 spiro atoms. The van der Waals surface area contributed by atoms with Crippen molar-refractivity contribution in [3.63, 3.8) is 0 Å². The lowest BCUT2D eigenvalue weighted by atomic mass is 9.36. The quantitative estimate of drug-likeness (QED) is 0.547. The Balaban J connectivity index is 1.44. The van der Waals surface area contributed by atoms with E-state index in [1.165, 1.54) is 4.90 Å². The van der Waals surface area contributed by atoms with Crippen molar-refractivity contribution in [3.05, 3.63) is 49.3 Å². The zero-order valence-corrected chi connectivity index (χ0v) is 21.2. The number of aromatic amines is 1. The van der Waals surface area contributed by atoms with Crippen molar-refractivity contribution in [2.45, 2.75) is 58.3 Å². The number of carboxylic acid groups (broad SMARTS) is 1. The lowest BCUT2D eigenvalue weighted by molar-refractivity contribution is -0.299. The van der Waals surface area contributed by atoms with Gasteiger partial charge in [-0.2, -0.15) is 0 Å². The number of pyridine rings is 1. The van der Waals surface area contributed by atoms with Gasteiger partial charge in [0.1, 0.15) is 5.69 Å². The summed E-state index contributed by atoms with van der Waals surface area (Å²) in [4.78, 5) is 41.2. The van der Waals surface area contributed by atoms with Gasteiger partial charge in [0.25, 0.3) is 17.3 Å². The maximum Gasteiger partial charge on any atom is 0.405 e. The maximum atomic E-state index is 13.5. The predicted octanol–water partition coefficient (Wildman–Crippen LogP) is 4.02. The van der Waals surface area contributed by atoms with Crippen LogP contribution in [0, 0.1) is 26.2 Å². The van der Waals surface area contributed by atoms with Gasteiger partial charge in [0, 0.05) is 36.3 Å². The van der Waals surface area contributed by atoms with E-state index in [1.807, 2.05) is 13.0 Å². The van der Waals surface area contributed by atoms with E-state index in [0.29, 0.717) is 57.6 Å². The Labute approximate surface area is 204 Å². The Kier molecular flexibility index (Phi) is 4.69. The van der Waals surface area contributed by atoms with E-state index in [9.17, 15) is 14.4 Å². The highest BCUT2D eigenvalue weighted by atomic mass is 79.9. The van der Waals surface area contributed by atoms with Crippen molar-refractivity contribution in [1.82, 2.24) is 10.3 Å².